The van der Waals surface area contributed by atoms with Gasteiger partial charge in [-0.2, -0.15) is 0 Å². The van der Waals surface area contributed by atoms with E-state index < -0.39 is 6.17 Å². The zero-order valence-electron chi connectivity index (χ0n) is 4.94. The standard InChI is InChI=1S/C6H8ClFO/c7-6(9)3-4-1-5(8)2-4/h4-5H,1-3H2. The van der Waals surface area contributed by atoms with Crippen LogP contribution in [0.4, 0.5) is 4.39 Å². The fraction of sp³-hybridized carbons (Fsp3) is 0.833. The molecule has 0 aliphatic heterocycles. The van der Waals surface area contributed by atoms with Crippen LogP contribution >= 0.6 is 11.6 Å². The molecule has 1 nitrogen and oxygen atoms in total. The minimum Gasteiger partial charge on any atom is -0.281 e. The lowest BCUT2D eigenvalue weighted by molar-refractivity contribution is -0.113. The average molecular weight is 151 g/mol. The van der Waals surface area contributed by atoms with Crippen molar-refractivity contribution in [1.82, 2.24) is 0 Å². The third-order valence-corrected chi connectivity index (χ3v) is 1.78. The van der Waals surface area contributed by atoms with Gasteiger partial charge in [0.25, 0.3) is 0 Å². The zero-order valence-corrected chi connectivity index (χ0v) is 5.70. The number of carbonyl (C=O) groups excluding carboxylic acids is 1. The van der Waals surface area contributed by atoms with Gasteiger partial charge in [-0.1, -0.05) is 0 Å². The molecule has 9 heavy (non-hydrogen) atoms. The monoisotopic (exact) mass is 150 g/mol. The summed E-state index contributed by atoms with van der Waals surface area (Å²) in [5.74, 6) is 0.227. The third-order valence-electron chi connectivity index (χ3n) is 1.63. The maximum Gasteiger partial charge on any atom is 0.221 e. The fourth-order valence-electron chi connectivity index (χ4n) is 1.05. The highest BCUT2D eigenvalue weighted by atomic mass is 35.5. The molecule has 0 heterocycles. The largest absolute Gasteiger partial charge is 0.281 e. The maximum atomic E-state index is 12.1. The van der Waals surface area contributed by atoms with E-state index in [9.17, 15) is 9.18 Å². The molecule has 0 amide bonds. The van der Waals surface area contributed by atoms with Crippen molar-refractivity contribution in [2.75, 3.05) is 0 Å². The molecular weight excluding hydrogens is 143 g/mol. The number of rotatable bonds is 2. The van der Waals surface area contributed by atoms with Crippen molar-refractivity contribution < 1.29 is 9.18 Å². The highest BCUT2D eigenvalue weighted by Gasteiger charge is 2.29. The second-order valence-corrected chi connectivity index (χ2v) is 2.92. The minimum atomic E-state index is -0.675. The molecule has 0 spiro atoms. The molecule has 1 aliphatic rings. The predicted octanol–water partition coefficient (Wildman–Crippen LogP) is 1.89. The van der Waals surface area contributed by atoms with Gasteiger partial charge in [0.1, 0.15) is 6.17 Å². The van der Waals surface area contributed by atoms with Gasteiger partial charge >= 0.3 is 0 Å². The quantitative estimate of drug-likeness (QED) is 0.550. The van der Waals surface area contributed by atoms with Gasteiger partial charge in [0.05, 0.1) is 0 Å². The topological polar surface area (TPSA) is 17.1 Å². The van der Waals surface area contributed by atoms with E-state index in [1.807, 2.05) is 0 Å². The third kappa shape index (κ3) is 1.94. The molecule has 3 heteroatoms. The highest BCUT2D eigenvalue weighted by molar-refractivity contribution is 6.63. The SMILES string of the molecule is O=C(Cl)CC1CC(F)C1. The van der Waals surface area contributed by atoms with Crippen LogP contribution in [0.1, 0.15) is 19.3 Å². The number of alkyl halides is 1. The molecule has 0 N–H and O–H groups in total. The predicted molar refractivity (Wildman–Crippen MR) is 33.1 cm³/mol. The molecule has 0 atom stereocenters. The number of halogens is 2. The summed E-state index contributed by atoms with van der Waals surface area (Å²) in [5.41, 5.74) is 0. The smallest absolute Gasteiger partial charge is 0.221 e. The van der Waals surface area contributed by atoms with Crippen LogP contribution in [0.5, 0.6) is 0 Å². The van der Waals surface area contributed by atoms with Crippen molar-refractivity contribution in [3.8, 4) is 0 Å². The van der Waals surface area contributed by atoms with Gasteiger partial charge in [0, 0.05) is 6.42 Å². The van der Waals surface area contributed by atoms with E-state index in [-0.39, 0.29) is 11.2 Å². The number of hydrogen-bond acceptors (Lipinski definition) is 1. The summed E-state index contributed by atoms with van der Waals surface area (Å²) in [7, 11) is 0. The Balaban J connectivity index is 2.11. The Morgan fingerprint density at radius 1 is 1.67 bits per heavy atom. The van der Waals surface area contributed by atoms with Crippen LogP contribution in [0.3, 0.4) is 0 Å². The molecule has 0 saturated heterocycles. The summed E-state index contributed by atoms with van der Waals surface area (Å²) in [6, 6.07) is 0. The van der Waals surface area contributed by atoms with Crippen molar-refractivity contribution in [2.24, 2.45) is 5.92 Å². The summed E-state index contributed by atoms with van der Waals surface area (Å²) in [4.78, 5) is 10.2. The summed E-state index contributed by atoms with van der Waals surface area (Å²) >= 11 is 5.07. The van der Waals surface area contributed by atoms with E-state index in [4.69, 9.17) is 11.6 Å². The highest BCUT2D eigenvalue weighted by Crippen LogP contribution is 2.32. The van der Waals surface area contributed by atoms with Crippen molar-refractivity contribution in [1.29, 1.82) is 0 Å². The lowest BCUT2D eigenvalue weighted by atomic mass is 9.82. The van der Waals surface area contributed by atoms with Crippen LogP contribution in [-0.4, -0.2) is 11.4 Å². The lowest BCUT2D eigenvalue weighted by Crippen LogP contribution is -2.25. The van der Waals surface area contributed by atoms with Gasteiger partial charge < -0.3 is 0 Å². The van der Waals surface area contributed by atoms with E-state index >= 15 is 0 Å². The summed E-state index contributed by atoms with van der Waals surface area (Å²) in [5, 5.41) is -0.341. The minimum absolute atomic E-state index is 0.227. The molecule has 0 unspecified atom stereocenters. The van der Waals surface area contributed by atoms with Crippen LogP contribution < -0.4 is 0 Å². The average Bonchev–Trinajstić information content (AvgIpc) is 1.60. The van der Waals surface area contributed by atoms with E-state index in [1.54, 1.807) is 0 Å². The second-order valence-electron chi connectivity index (χ2n) is 2.49. The van der Waals surface area contributed by atoms with Gasteiger partial charge in [-0.25, -0.2) is 4.39 Å². The molecule has 1 aliphatic carbocycles. The van der Waals surface area contributed by atoms with E-state index in [0.29, 0.717) is 19.3 Å². The van der Waals surface area contributed by atoms with Gasteiger partial charge in [0.15, 0.2) is 0 Å². The molecule has 52 valence electrons. The number of hydrogen-bond donors (Lipinski definition) is 0. The molecule has 0 radical (unpaired) electrons. The fourth-order valence-corrected chi connectivity index (χ4v) is 1.27. The summed E-state index contributed by atoms with van der Waals surface area (Å²) in [6.07, 6.45) is 0.727. The molecule has 1 fully saturated rings. The van der Waals surface area contributed by atoms with Crippen LogP contribution in [0.15, 0.2) is 0 Å². The van der Waals surface area contributed by atoms with Crippen molar-refractivity contribution >= 4 is 16.8 Å². The number of carbonyl (C=O) groups is 1. The van der Waals surface area contributed by atoms with E-state index in [0.717, 1.165) is 0 Å². The Morgan fingerprint density at radius 2 is 2.22 bits per heavy atom. The molecule has 0 aromatic carbocycles. The van der Waals surface area contributed by atoms with Crippen molar-refractivity contribution in [3.63, 3.8) is 0 Å². The Hall–Kier alpha value is -0.110. The molecular formula is C6H8ClFO. The molecule has 0 bridgehead atoms. The molecule has 1 rings (SSSR count). The van der Waals surface area contributed by atoms with Crippen LogP contribution in [0.2, 0.25) is 0 Å². The van der Waals surface area contributed by atoms with Gasteiger partial charge in [-0.05, 0) is 30.4 Å². The molecule has 0 aromatic rings. The summed E-state index contributed by atoms with van der Waals surface area (Å²) in [6.45, 7) is 0. The Bertz CT molecular complexity index is 120. The van der Waals surface area contributed by atoms with Gasteiger partial charge in [0.2, 0.25) is 5.24 Å². The zero-order chi connectivity index (χ0) is 6.85. The first-order valence-electron chi connectivity index (χ1n) is 3.01. The summed E-state index contributed by atoms with van der Waals surface area (Å²) < 4.78 is 12.1. The van der Waals surface area contributed by atoms with E-state index in [1.165, 1.54) is 0 Å². The van der Waals surface area contributed by atoms with Crippen LogP contribution in [0, 0.1) is 5.92 Å². The van der Waals surface area contributed by atoms with Crippen molar-refractivity contribution in [2.45, 2.75) is 25.4 Å². The normalized spacial score (nSPS) is 33.6. The maximum absolute atomic E-state index is 12.1. The van der Waals surface area contributed by atoms with Crippen molar-refractivity contribution in [3.05, 3.63) is 0 Å². The first-order valence-corrected chi connectivity index (χ1v) is 3.38. The van der Waals surface area contributed by atoms with E-state index in [2.05, 4.69) is 0 Å². The van der Waals surface area contributed by atoms with Gasteiger partial charge in [-0.3, -0.25) is 4.79 Å². The van der Waals surface area contributed by atoms with Gasteiger partial charge in [-0.15, -0.1) is 0 Å². The first-order chi connectivity index (χ1) is 4.18. The first kappa shape index (κ1) is 7.00. The Morgan fingerprint density at radius 3 is 2.56 bits per heavy atom. The van der Waals surface area contributed by atoms with Crippen LogP contribution in [-0.2, 0) is 4.79 Å². The second kappa shape index (κ2) is 2.65. The van der Waals surface area contributed by atoms with Crippen LogP contribution in [0.25, 0.3) is 0 Å². The molecule has 0 aromatic heterocycles. The Kier molecular flexibility index (Phi) is 2.06. The Labute approximate surface area is 58.2 Å². The molecule has 1 saturated carbocycles. The lowest BCUT2D eigenvalue weighted by Gasteiger charge is -2.27.